The minimum atomic E-state index is 0.200. The topological polar surface area (TPSA) is 86.0 Å². The van der Waals surface area contributed by atoms with Crippen LogP contribution < -0.4 is 15.8 Å². The molecule has 3 N–H and O–H groups in total. The van der Waals surface area contributed by atoms with Crippen molar-refractivity contribution < 1.29 is 4.74 Å². The Kier molecular flexibility index (Phi) is 5.70. The molecule has 0 radical (unpaired) electrons. The van der Waals surface area contributed by atoms with Crippen molar-refractivity contribution in [2.24, 2.45) is 0 Å². The third-order valence-corrected chi connectivity index (χ3v) is 4.42. The van der Waals surface area contributed by atoms with Crippen LogP contribution in [0, 0.1) is 0 Å². The monoisotopic (exact) mass is 297 g/mol. The predicted molar refractivity (Wildman–Crippen MR) is 83.2 cm³/mol. The van der Waals surface area contributed by atoms with E-state index in [0.29, 0.717) is 24.6 Å². The summed E-state index contributed by atoms with van der Waals surface area (Å²) in [6.07, 6.45) is 4.45. The SMILES string of the molecule is CCCOc1nc(N)nc(NC2CCC(SCC)C2)n1. The van der Waals surface area contributed by atoms with Gasteiger partial charge in [-0.3, -0.25) is 0 Å². The third-order valence-electron chi connectivity index (χ3n) is 3.19. The summed E-state index contributed by atoms with van der Waals surface area (Å²) in [5, 5.41) is 4.09. The Morgan fingerprint density at radius 3 is 2.90 bits per heavy atom. The molecule has 112 valence electrons. The molecular formula is C13H23N5OS. The Morgan fingerprint density at radius 1 is 1.30 bits per heavy atom. The number of nitrogen functional groups attached to an aromatic ring is 1. The summed E-state index contributed by atoms with van der Waals surface area (Å²) in [6.45, 7) is 4.82. The maximum Gasteiger partial charge on any atom is 0.323 e. The zero-order valence-electron chi connectivity index (χ0n) is 12.1. The van der Waals surface area contributed by atoms with Gasteiger partial charge in [-0.2, -0.15) is 26.7 Å². The van der Waals surface area contributed by atoms with Gasteiger partial charge in [0.25, 0.3) is 0 Å². The number of anilines is 2. The van der Waals surface area contributed by atoms with Crippen LogP contribution in [-0.4, -0.2) is 38.6 Å². The molecule has 1 aromatic rings. The van der Waals surface area contributed by atoms with E-state index in [4.69, 9.17) is 10.5 Å². The van der Waals surface area contributed by atoms with Crippen LogP contribution in [0.5, 0.6) is 6.01 Å². The molecule has 1 aromatic heterocycles. The smallest absolute Gasteiger partial charge is 0.323 e. The molecule has 2 rings (SSSR count). The molecule has 0 bridgehead atoms. The molecule has 1 fully saturated rings. The summed E-state index contributed by atoms with van der Waals surface area (Å²) in [5.74, 6) is 1.90. The maximum absolute atomic E-state index is 5.69. The van der Waals surface area contributed by atoms with Gasteiger partial charge in [-0.15, -0.1) is 0 Å². The highest BCUT2D eigenvalue weighted by atomic mass is 32.2. The van der Waals surface area contributed by atoms with E-state index in [2.05, 4.69) is 27.2 Å². The summed E-state index contributed by atoms with van der Waals surface area (Å²) >= 11 is 2.03. The van der Waals surface area contributed by atoms with Gasteiger partial charge in [0.15, 0.2) is 0 Å². The van der Waals surface area contributed by atoms with Crippen molar-refractivity contribution in [1.82, 2.24) is 15.0 Å². The van der Waals surface area contributed by atoms with E-state index in [1.165, 1.54) is 12.2 Å². The number of thioether (sulfide) groups is 1. The van der Waals surface area contributed by atoms with Crippen molar-refractivity contribution in [2.45, 2.75) is 50.8 Å². The van der Waals surface area contributed by atoms with Gasteiger partial charge in [0, 0.05) is 11.3 Å². The van der Waals surface area contributed by atoms with Crippen LogP contribution in [0.4, 0.5) is 11.9 Å². The molecule has 1 saturated carbocycles. The number of nitrogens with zero attached hydrogens (tertiary/aromatic N) is 3. The Hall–Kier alpha value is -1.24. The number of rotatable bonds is 7. The lowest BCUT2D eigenvalue weighted by atomic mass is 10.2. The normalized spacial score (nSPS) is 21.9. The Bertz CT molecular complexity index is 431. The van der Waals surface area contributed by atoms with Crippen LogP contribution in [-0.2, 0) is 0 Å². The van der Waals surface area contributed by atoms with Crippen molar-refractivity contribution in [3.05, 3.63) is 0 Å². The van der Waals surface area contributed by atoms with Gasteiger partial charge in [-0.05, 0) is 31.4 Å². The fourth-order valence-corrected chi connectivity index (χ4v) is 3.48. The first-order chi connectivity index (χ1) is 9.71. The standard InChI is InChI=1S/C13H23N5OS/c1-3-7-19-13-17-11(14)16-12(18-13)15-9-5-6-10(8-9)20-4-2/h9-10H,3-8H2,1-2H3,(H3,14,15,16,17,18). The summed E-state index contributed by atoms with van der Waals surface area (Å²) in [6, 6.07) is 0.721. The number of nitrogens with two attached hydrogens (primary N) is 1. The van der Waals surface area contributed by atoms with Gasteiger partial charge in [0.2, 0.25) is 11.9 Å². The zero-order valence-corrected chi connectivity index (χ0v) is 12.9. The first-order valence-corrected chi connectivity index (χ1v) is 8.28. The molecule has 20 heavy (non-hydrogen) atoms. The lowest BCUT2D eigenvalue weighted by Gasteiger charge is -2.13. The highest BCUT2D eigenvalue weighted by molar-refractivity contribution is 7.99. The van der Waals surface area contributed by atoms with Crippen molar-refractivity contribution in [3.63, 3.8) is 0 Å². The summed E-state index contributed by atoms with van der Waals surface area (Å²) < 4.78 is 5.41. The van der Waals surface area contributed by atoms with Crippen molar-refractivity contribution in [2.75, 3.05) is 23.4 Å². The fraction of sp³-hybridized carbons (Fsp3) is 0.769. The molecule has 0 saturated heterocycles. The maximum atomic E-state index is 5.69. The molecule has 6 nitrogen and oxygen atoms in total. The summed E-state index contributed by atoms with van der Waals surface area (Å²) in [4.78, 5) is 12.4. The zero-order chi connectivity index (χ0) is 14.4. The minimum absolute atomic E-state index is 0.200. The van der Waals surface area contributed by atoms with Gasteiger partial charge in [-0.1, -0.05) is 13.8 Å². The third kappa shape index (κ3) is 4.40. The van der Waals surface area contributed by atoms with E-state index in [1.807, 2.05) is 18.7 Å². The van der Waals surface area contributed by atoms with E-state index in [9.17, 15) is 0 Å². The molecule has 0 aromatic carbocycles. The number of aromatic nitrogens is 3. The highest BCUT2D eigenvalue weighted by Gasteiger charge is 2.25. The molecule has 0 aliphatic heterocycles. The van der Waals surface area contributed by atoms with Crippen LogP contribution in [0.3, 0.4) is 0 Å². The van der Waals surface area contributed by atoms with Crippen LogP contribution in [0.2, 0.25) is 0 Å². The average molecular weight is 297 g/mol. The van der Waals surface area contributed by atoms with Crippen molar-refractivity contribution >= 4 is 23.7 Å². The number of ether oxygens (including phenoxy) is 1. The molecule has 0 spiro atoms. The Labute approximate surface area is 124 Å². The van der Waals surface area contributed by atoms with E-state index in [1.54, 1.807) is 0 Å². The molecule has 2 atom stereocenters. The Morgan fingerprint density at radius 2 is 2.15 bits per heavy atom. The molecule has 7 heteroatoms. The largest absolute Gasteiger partial charge is 0.463 e. The van der Waals surface area contributed by atoms with E-state index in [0.717, 1.165) is 24.5 Å². The van der Waals surface area contributed by atoms with E-state index in [-0.39, 0.29) is 5.95 Å². The first-order valence-electron chi connectivity index (χ1n) is 7.23. The van der Waals surface area contributed by atoms with Crippen LogP contribution in [0.25, 0.3) is 0 Å². The first kappa shape index (κ1) is 15.2. The summed E-state index contributed by atoms with van der Waals surface area (Å²) in [7, 11) is 0. The number of hydrogen-bond acceptors (Lipinski definition) is 7. The van der Waals surface area contributed by atoms with Gasteiger partial charge >= 0.3 is 6.01 Å². The second kappa shape index (κ2) is 7.52. The van der Waals surface area contributed by atoms with Crippen molar-refractivity contribution in [1.29, 1.82) is 0 Å². The lowest BCUT2D eigenvalue weighted by molar-refractivity contribution is 0.292. The fourth-order valence-electron chi connectivity index (χ4n) is 2.34. The minimum Gasteiger partial charge on any atom is -0.463 e. The molecule has 1 aliphatic carbocycles. The predicted octanol–water partition coefficient (Wildman–Crippen LogP) is 2.33. The van der Waals surface area contributed by atoms with Gasteiger partial charge < -0.3 is 15.8 Å². The second-order valence-electron chi connectivity index (χ2n) is 4.88. The van der Waals surface area contributed by atoms with Crippen LogP contribution >= 0.6 is 11.8 Å². The lowest BCUT2D eigenvalue weighted by Crippen LogP contribution is -2.19. The molecular weight excluding hydrogens is 274 g/mol. The summed E-state index contributed by atoms with van der Waals surface area (Å²) in [5.41, 5.74) is 5.69. The van der Waals surface area contributed by atoms with E-state index < -0.39 is 0 Å². The number of nitrogens with one attached hydrogen (secondary N) is 1. The Balaban J connectivity index is 1.93. The van der Waals surface area contributed by atoms with Crippen LogP contribution in [0.15, 0.2) is 0 Å². The van der Waals surface area contributed by atoms with Gasteiger partial charge in [0.1, 0.15) is 0 Å². The molecule has 0 amide bonds. The average Bonchev–Trinajstić information content (AvgIpc) is 2.83. The quantitative estimate of drug-likeness (QED) is 0.798. The number of hydrogen-bond donors (Lipinski definition) is 2. The van der Waals surface area contributed by atoms with Gasteiger partial charge in [0.05, 0.1) is 6.61 Å². The van der Waals surface area contributed by atoms with Gasteiger partial charge in [-0.25, -0.2) is 0 Å². The van der Waals surface area contributed by atoms with Crippen molar-refractivity contribution in [3.8, 4) is 6.01 Å². The highest BCUT2D eigenvalue weighted by Crippen LogP contribution is 2.31. The molecule has 2 unspecified atom stereocenters. The van der Waals surface area contributed by atoms with E-state index >= 15 is 0 Å². The molecule has 1 heterocycles. The molecule has 1 aliphatic rings. The second-order valence-corrected chi connectivity index (χ2v) is 6.46. The van der Waals surface area contributed by atoms with Crippen LogP contribution in [0.1, 0.15) is 39.5 Å².